The van der Waals surface area contributed by atoms with Gasteiger partial charge in [0, 0.05) is 37.4 Å². The summed E-state index contributed by atoms with van der Waals surface area (Å²) in [6.45, 7) is 4.76. The highest BCUT2D eigenvalue weighted by Crippen LogP contribution is 2.13. The molecule has 1 aromatic carbocycles. The first-order valence-electron chi connectivity index (χ1n) is 8.83. The van der Waals surface area contributed by atoms with Crippen molar-refractivity contribution in [2.75, 3.05) is 13.1 Å². The summed E-state index contributed by atoms with van der Waals surface area (Å²) in [6, 6.07) is 14.2. The molecule has 1 amide bonds. The van der Waals surface area contributed by atoms with Gasteiger partial charge in [-0.05, 0) is 31.4 Å². The van der Waals surface area contributed by atoms with Crippen LogP contribution in [-0.4, -0.2) is 34.5 Å². The molecule has 0 atom stereocenters. The van der Waals surface area contributed by atoms with Crippen LogP contribution < -0.4 is 10.9 Å². The number of nitrogens with one attached hydrogen (secondary N) is 1. The highest BCUT2D eigenvalue weighted by atomic mass is 16.2. The van der Waals surface area contributed by atoms with Crippen LogP contribution in [0.3, 0.4) is 0 Å². The van der Waals surface area contributed by atoms with Crippen molar-refractivity contribution >= 4 is 5.91 Å². The second-order valence-corrected chi connectivity index (χ2v) is 6.73. The number of amides is 1. The van der Waals surface area contributed by atoms with Crippen molar-refractivity contribution < 1.29 is 4.79 Å². The molecular weight excluding hydrogens is 314 g/mol. The molecule has 0 spiro atoms. The minimum absolute atomic E-state index is 0.0880. The van der Waals surface area contributed by atoms with Crippen molar-refractivity contribution in [3.63, 3.8) is 0 Å². The lowest BCUT2D eigenvalue weighted by Gasteiger charge is -2.32. The Kier molecular flexibility index (Phi) is 5.66. The zero-order valence-corrected chi connectivity index (χ0v) is 14.6. The molecule has 1 aromatic heterocycles. The fourth-order valence-corrected chi connectivity index (χ4v) is 3.29. The summed E-state index contributed by atoms with van der Waals surface area (Å²) in [7, 11) is 0. The van der Waals surface area contributed by atoms with Crippen molar-refractivity contribution in [1.82, 2.24) is 14.8 Å². The monoisotopic (exact) mass is 339 g/mol. The van der Waals surface area contributed by atoms with E-state index in [1.165, 1.54) is 10.1 Å². The molecule has 1 aliphatic heterocycles. The molecule has 1 fully saturated rings. The number of hydrogen-bond donors (Lipinski definition) is 1. The Morgan fingerprint density at radius 2 is 1.84 bits per heavy atom. The summed E-state index contributed by atoms with van der Waals surface area (Å²) in [5, 5.41) is 3.07. The number of piperidine rings is 1. The number of carbonyl (C=O) groups is 1. The van der Waals surface area contributed by atoms with Crippen molar-refractivity contribution in [2.24, 2.45) is 0 Å². The fourth-order valence-electron chi connectivity index (χ4n) is 3.29. The third-order valence-electron chi connectivity index (χ3n) is 4.73. The first-order chi connectivity index (χ1) is 12.1. The third-order valence-corrected chi connectivity index (χ3v) is 4.73. The maximum absolute atomic E-state index is 12.2. The Morgan fingerprint density at radius 1 is 1.12 bits per heavy atom. The van der Waals surface area contributed by atoms with Gasteiger partial charge in [0.05, 0.1) is 0 Å². The van der Waals surface area contributed by atoms with Crippen LogP contribution in [0.4, 0.5) is 0 Å². The largest absolute Gasteiger partial charge is 0.352 e. The van der Waals surface area contributed by atoms with E-state index in [1.807, 2.05) is 6.07 Å². The van der Waals surface area contributed by atoms with Crippen LogP contribution in [0.2, 0.25) is 0 Å². The number of pyridine rings is 1. The van der Waals surface area contributed by atoms with E-state index in [1.54, 1.807) is 25.3 Å². The van der Waals surface area contributed by atoms with Gasteiger partial charge in [-0.1, -0.05) is 36.4 Å². The Balaban J connectivity index is 1.46. The van der Waals surface area contributed by atoms with Gasteiger partial charge in [0.25, 0.3) is 5.56 Å². The molecule has 0 saturated carbocycles. The number of hydrogen-bond acceptors (Lipinski definition) is 3. The molecule has 1 aliphatic rings. The molecular formula is C20H25N3O2. The summed E-state index contributed by atoms with van der Waals surface area (Å²) in [5.74, 6) is -0.0887. The normalized spacial score (nSPS) is 15.9. The number of aromatic nitrogens is 1. The lowest BCUT2D eigenvalue weighted by Crippen LogP contribution is -2.45. The van der Waals surface area contributed by atoms with Crippen LogP contribution in [0, 0.1) is 6.92 Å². The van der Waals surface area contributed by atoms with Gasteiger partial charge in [-0.2, -0.15) is 0 Å². The van der Waals surface area contributed by atoms with E-state index < -0.39 is 0 Å². The standard InChI is InChI=1S/C20H25N3O2/c1-16-6-5-11-23(20(16)25)15-19(24)21-18-9-12-22(13-10-18)14-17-7-3-2-4-8-17/h2-8,11,18H,9-10,12-15H2,1H3,(H,21,24). The number of aryl methyl sites for hydroxylation is 1. The summed E-state index contributed by atoms with van der Waals surface area (Å²) in [5.41, 5.74) is 1.88. The van der Waals surface area contributed by atoms with E-state index >= 15 is 0 Å². The molecule has 132 valence electrons. The molecule has 2 aromatic rings. The maximum atomic E-state index is 12.2. The molecule has 1 N–H and O–H groups in total. The van der Waals surface area contributed by atoms with E-state index in [0.717, 1.165) is 32.5 Å². The van der Waals surface area contributed by atoms with Crippen molar-refractivity contribution in [2.45, 2.75) is 38.9 Å². The molecule has 5 heteroatoms. The predicted molar refractivity (Wildman–Crippen MR) is 98.3 cm³/mol. The van der Waals surface area contributed by atoms with Gasteiger partial charge in [-0.15, -0.1) is 0 Å². The second kappa shape index (κ2) is 8.12. The Bertz CT molecular complexity index is 762. The minimum atomic E-state index is -0.102. The van der Waals surface area contributed by atoms with E-state index in [-0.39, 0.29) is 24.1 Å². The zero-order valence-electron chi connectivity index (χ0n) is 14.6. The smallest absolute Gasteiger partial charge is 0.253 e. The number of likely N-dealkylation sites (tertiary alicyclic amines) is 1. The fraction of sp³-hybridized carbons (Fsp3) is 0.400. The van der Waals surface area contributed by atoms with Gasteiger partial charge in [-0.3, -0.25) is 14.5 Å². The van der Waals surface area contributed by atoms with Gasteiger partial charge in [0.15, 0.2) is 0 Å². The molecule has 0 bridgehead atoms. The summed E-state index contributed by atoms with van der Waals surface area (Å²) >= 11 is 0. The SMILES string of the molecule is Cc1cccn(CC(=O)NC2CCN(Cc3ccccc3)CC2)c1=O. The molecule has 25 heavy (non-hydrogen) atoms. The third kappa shape index (κ3) is 4.79. The lowest BCUT2D eigenvalue weighted by molar-refractivity contribution is -0.122. The number of benzene rings is 1. The van der Waals surface area contributed by atoms with Gasteiger partial charge in [0.2, 0.25) is 5.91 Å². The van der Waals surface area contributed by atoms with E-state index in [4.69, 9.17) is 0 Å². The van der Waals surface area contributed by atoms with Crippen LogP contribution in [0.25, 0.3) is 0 Å². The predicted octanol–water partition coefficient (Wildman–Crippen LogP) is 1.94. The number of nitrogens with zero attached hydrogens (tertiary/aromatic N) is 2. The topological polar surface area (TPSA) is 54.3 Å². The van der Waals surface area contributed by atoms with Crippen molar-refractivity contribution in [3.8, 4) is 0 Å². The zero-order chi connectivity index (χ0) is 17.6. The molecule has 0 radical (unpaired) electrons. The Hall–Kier alpha value is -2.40. The van der Waals surface area contributed by atoms with E-state index in [9.17, 15) is 9.59 Å². The van der Waals surface area contributed by atoms with E-state index in [2.05, 4.69) is 34.5 Å². The summed E-state index contributed by atoms with van der Waals surface area (Å²) in [4.78, 5) is 26.6. The highest BCUT2D eigenvalue weighted by molar-refractivity contribution is 5.76. The number of carbonyl (C=O) groups excluding carboxylic acids is 1. The van der Waals surface area contributed by atoms with Gasteiger partial charge >= 0.3 is 0 Å². The lowest BCUT2D eigenvalue weighted by atomic mass is 10.0. The Morgan fingerprint density at radius 3 is 2.56 bits per heavy atom. The molecule has 3 rings (SSSR count). The van der Waals surface area contributed by atoms with Crippen molar-refractivity contribution in [3.05, 3.63) is 70.1 Å². The molecule has 1 saturated heterocycles. The van der Waals surface area contributed by atoms with Crippen molar-refractivity contribution in [1.29, 1.82) is 0 Å². The average Bonchev–Trinajstić information content (AvgIpc) is 2.62. The minimum Gasteiger partial charge on any atom is -0.352 e. The van der Waals surface area contributed by atoms with Crippen LogP contribution in [-0.2, 0) is 17.9 Å². The molecule has 2 heterocycles. The summed E-state index contributed by atoms with van der Waals surface area (Å²) < 4.78 is 1.47. The van der Waals surface area contributed by atoms with Crippen LogP contribution >= 0.6 is 0 Å². The van der Waals surface area contributed by atoms with Gasteiger partial charge in [0.1, 0.15) is 6.54 Å². The average molecular weight is 339 g/mol. The van der Waals surface area contributed by atoms with E-state index in [0.29, 0.717) is 5.56 Å². The number of rotatable bonds is 5. The first-order valence-corrected chi connectivity index (χ1v) is 8.83. The quantitative estimate of drug-likeness (QED) is 0.906. The van der Waals surface area contributed by atoms with Crippen LogP contribution in [0.15, 0.2) is 53.5 Å². The molecule has 5 nitrogen and oxygen atoms in total. The first kappa shape index (κ1) is 17.4. The summed E-state index contributed by atoms with van der Waals surface area (Å²) in [6.07, 6.45) is 3.56. The van der Waals surface area contributed by atoms with Gasteiger partial charge < -0.3 is 9.88 Å². The maximum Gasteiger partial charge on any atom is 0.253 e. The Labute approximate surface area is 148 Å². The highest BCUT2D eigenvalue weighted by Gasteiger charge is 2.20. The van der Waals surface area contributed by atoms with Crippen LogP contribution in [0.1, 0.15) is 24.0 Å². The molecule has 0 aliphatic carbocycles. The van der Waals surface area contributed by atoms with Gasteiger partial charge in [-0.25, -0.2) is 0 Å². The molecule has 0 unspecified atom stereocenters. The van der Waals surface area contributed by atoms with Crippen LogP contribution in [0.5, 0.6) is 0 Å². The second-order valence-electron chi connectivity index (χ2n) is 6.73.